The summed E-state index contributed by atoms with van der Waals surface area (Å²) in [5.41, 5.74) is 5.79. The minimum Gasteiger partial charge on any atom is -0.460 e. The zero-order chi connectivity index (χ0) is 30.3. The molecule has 0 amide bonds. The lowest BCUT2D eigenvalue weighted by Gasteiger charge is -2.29. The summed E-state index contributed by atoms with van der Waals surface area (Å²) in [6.07, 6.45) is -4.51. The Bertz CT molecular complexity index is 1600. The summed E-state index contributed by atoms with van der Waals surface area (Å²) in [6.45, 7) is 0.316. The van der Waals surface area contributed by atoms with Crippen LogP contribution in [0.4, 0.5) is 0 Å². The fourth-order valence-corrected chi connectivity index (χ4v) is 5.47. The Kier molecular flexibility index (Phi) is 9.60. The van der Waals surface area contributed by atoms with Crippen molar-refractivity contribution in [3.63, 3.8) is 0 Å². The molecule has 222 valence electrons. The third kappa shape index (κ3) is 7.13. The van der Waals surface area contributed by atoms with Crippen molar-refractivity contribution in [1.82, 2.24) is 14.6 Å². The average Bonchev–Trinajstić information content (AvgIpc) is 3.21. The van der Waals surface area contributed by atoms with Gasteiger partial charge in [-0.1, -0.05) is 53.6 Å². The van der Waals surface area contributed by atoms with Gasteiger partial charge in [-0.2, -0.15) is 5.09 Å². The maximum atomic E-state index is 13.9. The molecule has 2 heterocycles. The summed E-state index contributed by atoms with van der Waals surface area (Å²) < 4.78 is 36.6. The standard InChI is InChI=1S/C25H27N6O10P/c1-16(23(35)38-14-17-8-4-2-5-9-17)28-42(37,41-18-10-6-3-7-11-18)39-15-25(29-30-26)21(34)20(33)22(40-25)31-13-12-19(32)27-24(31)36/h2-13,16,20-22,33-34H,14-15H2,1H3,(H,28,37)(H,27,32,36)/t16-,20+,21-,22-,25-,42?/m1/s1. The number of carbonyl (C=O) groups excluding carboxylic acids is 1. The monoisotopic (exact) mass is 602 g/mol. The Balaban J connectivity index is 1.56. The third-order valence-corrected chi connectivity index (χ3v) is 7.71. The van der Waals surface area contributed by atoms with Crippen molar-refractivity contribution >= 4 is 13.7 Å². The van der Waals surface area contributed by atoms with E-state index in [0.29, 0.717) is 0 Å². The number of ether oxygens (including phenoxy) is 2. The quantitative estimate of drug-likeness (QED) is 0.0767. The van der Waals surface area contributed by atoms with Gasteiger partial charge in [0.25, 0.3) is 5.56 Å². The van der Waals surface area contributed by atoms with Crippen molar-refractivity contribution in [2.24, 2.45) is 5.11 Å². The Morgan fingerprint density at radius 2 is 1.86 bits per heavy atom. The molecule has 1 aliphatic heterocycles. The zero-order valence-electron chi connectivity index (χ0n) is 22.0. The molecule has 1 unspecified atom stereocenters. The first-order chi connectivity index (χ1) is 20.1. The number of carbonyl (C=O) groups is 1. The molecule has 0 bridgehead atoms. The van der Waals surface area contributed by atoms with Gasteiger partial charge in [-0.3, -0.25) is 23.7 Å². The van der Waals surface area contributed by atoms with Crippen LogP contribution in [0.5, 0.6) is 5.75 Å². The summed E-state index contributed by atoms with van der Waals surface area (Å²) in [6, 6.07) is 16.4. The summed E-state index contributed by atoms with van der Waals surface area (Å²) in [5, 5.41) is 27.4. The predicted octanol–water partition coefficient (Wildman–Crippen LogP) is 1.72. The highest BCUT2D eigenvalue weighted by atomic mass is 31.2. The van der Waals surface area contributed by atoms with Gasteiger partial charge in [0, 0.05) is 17.2 Å². The second-order valence-electron chi connectivity index (χ2n) is 9.11. The number of benzene rings is 2. The lowest BCUT2D eigenvalue weighted by molar-refractivity contribution is -0.146. The number of azide groups is 1. The number of aromatic nitrogens is 2. The van der Waals surface area contributed by atoms with Gasteiger partial charge in [0.05, 0.1) is 6.61 Å². The fraction of sp³-hybridized carbons (Fsp3) is 0.320. The number of nitrogens with zero attached hydrogens (tertiary/aromatic N) is 4. The van der Waals surface area contributed by atoms with E-state index in [-0.39, 0.29) is 12.4 Å². The van der Waals surface area contributed by atoms with E-state index in [4.69, 9.17) is 18.5 Å². The first-order valence-electron chi connectivity index (χ1n) is 12.4. The van der Waals surface area contributed by atoms with Crippen molar-refractivity contribution < 1.29 is 38.1 Å². The van der Waals surface area contributed by atoms with Crippen LogP contribution in [0, 0.1) is 0 Å². The molecule has 0 radical (unpaired) electrons. The molecule has 4 N–H and O–H groups in total. The van der Waals surface area contributed by atoms with Crippen LogP contribution in [-0.4, -0.2) is 56.3 Å². The number of hydrogen-bond acceptors (Lipinski definition) is 11. The van der Waals surface area contributed by atoms with Crippen LogP contribution in [-0.2, 0) is 30.0 Å². The number of hydrogen-bond donors (Lipinski definition) is 4. The van der Waals surface area contributed by atoms with E-state index in [9.17, 15) is 34.7 Å². The van der Waals surface area contributed by atoms with Crippen molar-refractivity contribution in [3.8, 4) is 5.75 Å². The highest BCUT2D eigenvalue weighted by molar-refractivity contribution is 7.52. The molecule has 4 rings (SSSR count). The fourth-order valence-electron chi connectivity index (χ4n) is 3.96. The largest absolute Gasteiger partial charge is 0.460 e. The van der Waals surface area contributed by atoms with Crippen LogP contribution in [0.3, 0.4) is 0 Å². The maximum Gasteiger partial charge on any atom is 0.459 e. The van der Waals surface area contributed by atoms with E-state index in [1.54, 1.807) is 48.5 Å². The van der Waals surface area contributed by atoms with E-state index in [1.807, 2.05) is 4.98 Å². The molecule has 6 atom stereocenters. The molecule has 16 nitrogen and oxygen atoms in total. The third-order valence-electron chi connectivity index (χ3n) is 6.08. The zero-order valence-corrected chi connectivity index (χ0v) is 22.9. The van der Waals surface area contributed by atoms with Crippen LogP contribution in [0.1, 0.15) is 18.7 Å². The van der Waals surface area contributed by atoms with Crippen molar-refractivity contribution in [2.75, 3.05) is 6.61 Å². The number of nitrogens with one attached hydrogen (secondary N) is 2. The van der Waals surface area contributed by atoms with Crippen LogP contribution < -0.4 is 20.9 Å². The molecule has 17 heteroatoms. The smallest absolute Gasteiger partial charge is 0.459 e. The predicted molar refractivity (Wildman–Crippen MR) is 145 cm³/mol. The number of aromatic amines is 1. The molecular formula is C25H27N6O10P. The number of rotatable bonds is 12. The van der Waals surface area contributed by atoms with Crippen LogP contribution >= 0.6 is 7.75 Å². The van der Waals surface area contributed by atoms with Crippen molar-refractivity contribution in [1.29, 1.82) is 0 Å². The summed E-state index contributed by atoms with van der Waals surface area (Å²) in [7, 11) is -4.54. The van der Waals surface area contributed by atoms with Gasteiger partial charge >= 0.3 is 19.4 Å². The molecule has 1 fully saturated rings. The number of H-pyrrole nitrogens is 1. The molecule has 0 spiro atoms. The summed E-state index contributed by atoms with van der Waals surface area (Å²) in [4.78, 5) is 41.0. The molecule has 1 saturated heterocycles. The van der Waals surface area contributed by atoms with Gasteiger partial charge < -0.3 is 24.2 Å². The number of aliphatic hydroxyl groups excluding tert-OH is 2. The molecule has 0 aliphatic carbocycles. The maximum absolute atomic E-state index is 13.9. The van der Waals surface area contributed by atoms with Crippen LogP contribution in [0.25, 0.3) is 10.4 Å². The number of aliphatic hydroxyl groups is 2. The minimum atomic E-state index is -4.54. The molecule has 1 aliphatic rings. The Morgan fingerprint density at radius 3 is 2.50 bits per heavy atom. The van der Waals surface area contributed by atoms with Gasteiger partial charge in [0.2, 0.25) is 5.72 Å². The van der Waals surface area contributed by atoms with Gasteiger partial charge in [0.1, 0.15) is 30.6 Å². The molecule has 2 aromatic carbocycles. The minimum absolute atomic E-state index is 0.0557. The van der Waals surface area contributed by atoms with E-state index in [0.717, 1.165) is 22.4 Å². The lowest BCUT2D eigenvalue weighted by atomic mass is 10.1. The Morgan fingerprint density at radius 1 is 1.19 bits per heavy atom. The molecule has 0 saturated carbocycles. The van der Waals surface area contributed by atoms with E-state index < -0.39 is 61.8 Å². The van der Waals surface area contributed by atoms with Gasteiger partial charge in [-0.25, -0.2) is 9.36 Å². The SMILES string of the molecule is C[C@@H](NP(=O)(OC[C@@]1(N=[N+]=[N-])O[C@@H](n2ccc(=O)[nH]c2=O)[C@@H](O)[C@H]1O)Oc1ccccc1)C(=O)OCc1ccccc1. The first-order valence-corrected chi connectivity index (χ1v) is 14.0. The topological polar surface area (TPSA) is 227 Å². The Hall–Kier alpha value is -4.27. The van der Waals surface area contributed by atoms with E-state index in [1.165, 1.54) is 19.1 Å². The van der Waals surface area contributed by atoms with Crippen molar-refractivity contribution in [3.05, 3.63) is 110 Å². The number of esters is 1. The summed E-state index contributed by atoms with van der Waals surface area (Å²) in [5.74, 6) is -0.726. The highest BCUT2D eigenvalue weighted by Crippen LogP contribution is 2.48. The molecule has 3 aromatic rings. The van der Waals surface area contributed by atoms with E-state index >= 15 is 0 Å². The lowest BCUT2D eigenvalue weighted by Crippen LogP contribution is -2.45. The first kappa shape index (κ1) is 30.7. The normalized spacial score (nSPS) is 23.7. The van der Waals surface area contributed by atoms with Crippen LogP contribution in [0.2, 0.25) is 0 Å². The summed E-state index contributed by atoms with van der Waals surface area (Å²) >= 11 is 0. The second-order valence-corrected chi connectivity index (χ2v) is 10.8. The molecule has 42 heavy (non-hydrogen) atoms. The van der Waals surface area contributed by atoms with E-state index in [2.05, 4.69) is 15.1 Å². The molecule has 1 aromatic heterocycles. The average molecular weight is 602 g/mol. The van der Waals surface area contributed by atoms with Gasteiger partial charge in [-0.05, 0) is 30.2 Å². The van der Waals surface area contributed by atoms with Crippen molar-refractivity contribution in [2.45, 2.75) is 43.7 Å². The Labute approximate surface area is 237 Å². The molecular weight excluding hydrogens is 575 g/mol. The highest BCUT2D eigenvalue weighted by Gasteiger charge is 2.56. The second kappa shape index (κ2) is 13.1. The van der Waals surface area contributed by atoms with Gasteiger partial charge in [-0.15, -0.1) is 0 Å². The number of para-hydroxylation sites is 1. The van der Waals surface area contributed by atoms with Crippen LogP contribution in [0.15, 0.2) is 87.6 Å². The van der Waals surface area contributed by atoms with Gasteiger partial charge in [0.15, 0.2) is 6.23 Å².